The molecule has 2 aromatic heterocycles. The van der Waals surface area contributed by atoms with E-state index in [1.165, 1.54) is 0 Å². The number of benzene rings is 1. The first-order chi connectivity index (χ1) is 14.4. The van der Waals surface area contributed by atoms with Crippen LogP contribution in [0.25, 0.3) is 5.69 Å². The van der Waals surface area contributed by atoms with Crippen molar-refractivity contribution in [2.75, 3.05) is 18.4 Å². The molecule has 30 heavy (non-hydrogen) atoms. The highest BCUT2D eigenvalue weighted by molar-refractivity contribution is 9.10. The molecule has 0 spiro atoms. The van der Waals surface area contributed by atoms with Crippen molar-refractivity contribution in [1.29, 1.82) is 0 Å². The Kier molecular flexibility index (Phi) is 5.90. The first kappa shape index (κ1) is 20.6. The number of carbonyl (C=O) groups is 1. The Morgan fingerprint density at radius 3 is 2.87 bits per heavy atom. The Bertz CT molecular complexity index is 1000. The van der Waals surface area contributed by atoms with Crippen molar-refractivity contribution in [3.63, 3.8) is 0 Å². The number of hydrogen-bond donors (Lipinski definition) is 1. The number of nitrogens with zero attached hydrogens (tertiary/aromatic N) is 4. The summed E-state index contributed by atoms with van der Waals surface area (Å²) < 4.78 is 2.72. The number of piperidine rings is 1. The maximum Gasteiger partial charge on any atom is 0.254 e. The number of nitrogens with one attached hydrogen (secondary N) is 1. The summed E-state index contributed by atoms with van der Waals surface area (Å²) in [7, 11) is 0. The molecular formula is C23H26BrN5O. The first-order valence-corrected chi connectivity index (χ1v) is 11.0. The van der Waals surface area contributed by atoms with E-state index in [4.69, 9.17) is 0 Å². The van der Waals surface area contributed by atoms with Gasteiger partial charge in [0.25, 0.3) is 5.91 Å². The number of carbonyl (C=O) groups excluding carboxylic acids is 1. The minimum atomic E-state index is 0.00979. The number of amides is 1. The number of pyridine rings is 1. The molecule has 0 aliphatic carbocycles. The van der Waals surface area contributed by atoms with E-state index < -0.39 is 0 Å². The molecule has 1 N–H and O–H groups in total. The van der Waals surface area contributed by atoms with Gasteiger partial charge in [-0.15, -0.1) is 0 Å². The van der Waals surface area contributed by atoms with Gasteiger partial charge in [-0.3, -0.25) is 4.79 Å². The first-order valence-electron chi connectivity index (χ1n) is 10.2. The normalized spacial score (nSPS) is 18.2. The minimum absolute atomic E-state index is 0.00979. The summed E-state index contributed by atoms with van der Waals surface area (Å²) in [5, 5.41) is 7.71. The van der Waals surface area contributed by atoms with Crippen LogP contribution in [0.1, 0.15) is 37.0 Å². The monoisotopic (exact) mass is 467 g/mol. The lowest BCUT2D eigenvalue weighted by Crippen LogP contribution is -2.55. The van der Waals surface area contributed by atoms with Gasteiger partial charge in [0, 0.05) is 41.7 Å². The number of hydrogen-bond acceptors (Lipinski definition) is 4. The summed E-state index contributed by atoms with van der Waals surface area (Å²) >= 11 is 3.42. The quantitative estimate of drug-likeness (QED) is 0.586. The Morgan fingerprint density at radius 1 is 1.27 bits per heavy atom. The third kappa shape index (κ3) is 4.41. The standard InChI is InChI=1S/C23H26BrN5O/c1-23(2)10-4-12-28(20(23)16-26-21-9-8-18(24)15-25-21)22(30)17-6-3-7-19(14-17)29-13-5-11-27-29/h3,5-9,11,13-15,20H,4,10,12,16H2,1-2H3,(H,25,26). The van der Waals surface area contributed by atoms with Gasteiger partial charge in [-0.1, -0.05) is 19.9 Å². The van der Waals surface area contributed by atoms with Gasteiger partial charge in [-0.25, -0.2) is 9.67 Å². The van der Waals surface area contributed by atoms with Crippen LogP contribution in [0.15, 0.2) is 65.5 Å². The van der Waals surface area contributed by atoms with Gasteiger partial charge in [0.05, 0.1) is 11.7 Å². The second-order valence-corrected chi connectivity index (χ2v) is 9.27. The zero-order valence-corrected chi connectivity index (χ0v) is 18.8. The molecule has 1 amide bonds. The fraction of sp³-hybridized carbons (Fsp3) is 0.348. The third-order valence-corrected chi connectivity index (χ3v) is 6.29. The topological polar surface area (TPSA) is 63.1 Å². The van der Waals surface area contributed by atoms with Gasteiger partial charge < -0.3 is 10.2 Å². The number of aromatic nitrogens is 3. The number of likely N-dealkylation sites (tertiary alicyclic amines) is 1. The summed E-state index contributed by atoms with van der Waals surface area (Å²) in [6.45, 7) is 5.91. The van der Waals surface area contributed by atoms with Crippen molar-refractivity contribution in [2.45, 2.75) is 32.7 Å². The van der Waals surface area contributed by atoms with Crippen LogP contribution >= 0.6 is 15.9 Å². The average Bonchev–Trinajstić information content (AvgIpc) is 3.28. The summed E-state index contributed by atoms with van der Waals surface area (Å²) in [5.41, 5.74) is 1.58. The fourth-order valence-electron chi connectivity index (χ4n) is 4.13. The SMILES string of the molecule is CC1(C)CCCN(C(=O)c2cccc(-n3cccn3)c2)C1CNc1ccc(Br)cn1. The van der Waals surface area contributed by atoms with Crippen LogP contribution in [0.2, 0.25) is 0 Å². The van der Waals surface area contributed by atoms with E-state index in [1.807, 2.05) is 53.6 Å². The number of halogens is 1. The number of rotatable bonds is 5. The Labute approximate surface area is 185 Å². The summed E-state index contributed by atoms with van der Waals surface area (Å²) in [6, 6.07) is 13.5. The maximum atomic E-state index is 13.5. The van der Waals surface area contributed by atoms with Crippen LogP contribution in [0.4, 0.5) is 5.82 Å². The van der Waals surface area contributed by atoms with Crippen LogP contribution < -0.4 is 5.32 Å². The molecule has 1 saturated heterocycles. The van der Waals surface area contributed by atoms with Gasteiger partial charge in [0.2, 0.25) is 0 Å². The van der Waals surface area contributed by atoms with Crippen LogP contribution in [-0.4, -0.2) is 44.7 Å². The van der Waals surface area contributed by atoms with Crippen molar-refractivity contribution in [3.05, 3.63) is 71.1 Å². The molecule has 1 aromatic carbocycles. The molecule has 7 heteroatoms. The minimum Gasteiger partial charge on any atom is -0.368 e. The molecule has 3 heterocycles. The molecule has 1 aliphatic heterocycles. The molecule has 0 bridgehead atoms. The Morgan fingerprint density at radius 2 is 2.13 bits per heavy atom. The zero-order chi connectivity index (χ0) is 21.1. The molecule has 0 radical (unpaired) electrons. The van der Waals surface area contributed by atoms with E-state index in [9.17, 15) is 4.79 Å². The van der Waals surface area contributed by atoms with E-state index in [1.54, 1.807) is 17.1 Å². The lowest BCUT2D eigenvalue weighted by molar-refractivity contribution is 0.0320. The second kappa shape index (κ2) is 8.60. The van der Waals surface area contributed by atoms with Gasteiger partial charge in [0.1, 0.15) is 5.82 Å². The molecular weight excluding hydrogens is 442 g/mol. The molecule has 0 saturated carbocycles. The number of anilines is 1. The molecule has 6 nitrogen and oxygen atoms in total. The van der Waals surface area contributed by atoms with Crippen molar-refractivity contribution >= 4 is 27.7 Å². The van der Waals surface area contributed by atoms with E-state index in [-0.39, 0.29) is 17.4 Å². The molecule has 4 rings (SSSR count). The highest BCUT2D eigenvalue weighted by Crippen LogP contribution is 2.36. The van der Waals surface area contributed by atoms with Crippen molar-refractivity contribution in [1.82, 2.24) is 19.7 Å². The maximum absolute atomic E-state index is 13.5. The average molecular weight is 468 g/mol. The summed E-state index contributed by atoms with van der Waals surface area (Å²) in [4.78, 5) is 20.0. The molecule has 1 aliphatic rings. The van der Waals surface area contributed by atoms with Gasteiger partial charge in [-0.2, -0.15) is 5.10 Å². The summed E-state index contributed by atoms with van der Waals surface area (Å²) in [5.74, 6) is 0.875. The smallest absolute Gasteiger partial charge is 0.254 e. The molecule has 1 fully saturated rings. The van der Waals surface area contributed by atoms with Crippen molar-refractivity contribution < 1.29 is 4.79 Å². The van der Waals surface area contributed by atoms with E-state index in [0.29, 0.717) is 12.1 Å². The van der Waals surface area contributed by atoms with Crippen LogP contribution in [-0.2, 0) is 0 Å². The second-order valence-electron chi connectivity index (χ2n) is 8.35. The molecule has 3 aromatic rings. The molecule has 1 unspecified atom stereocenters. The van der Waals surface area contributed by atoms with Crippen molar-refractivity contribution in [3.8, 4) is 5.69 Å². The van der Waals surface area contributed by atoms with Gasteiger partial charge >= 0.3 is 0 Å². The van der Waals surface area contributed by atoms with Gasteiger partial charge in [-0.05, 0) is 70.6 Å². The van der Waals surface area contributed by atoms with E-state index in [2.05, 4.69) is 45.2 Å². The van der Waals surface area contributed by atoms with Crippen LogP contribution in [0.3, 0.4) is 0 Å². The zero-order valence-electron chi connectivity index (χ0n) is 17.3. The summed E-state index contributed by atoms with van der Waals surface area (Å²) in [6.07, 6.45) is 7.48. The fourth-order valence-corrected chi connectivity index (χ4v) is 4.36. The predicted octanol–water partition coefficient (Wildman–Crippen LogP) is 4.77. The Balaban J connectivity index is 1.56. The van der Waals surface area contributed by atoms with E-state index >= 15 is 0 Å². The third-order valence-electron chi connectivity index (χ3n) is 5.83. The predicted molar refractivity (Wildman–Crippen MR) is 122 cm³/mol. The lowest BCUT2D eigenvalue weighted by atomic mass is 9.76. The van der Waals surface area contributed by atoms with Gasteiger partial charge in [0.15, 0.2) is 0 Å². The van der Waals surface area contributed by atoms with E-state index in [0.717, 1.165) is 35.4 Å². The molecule has 156 valence electrons. The Hall–Kier alpha value is -2.67. The van der Waals surface area contributed by atoms with Crippen LogP contribution in [0, 0.1) is 5.41 Å². The van der Waals surface area contributed by atoms with Crippen LogP contribution in [0.5, 0.6) is 0 Å². The molecule has 1 atom stereocenters. The highest BCUT2D eigenvalue weighted by Gasteiger charge is 2.39. The lowest BCUT2D eigenvalue weighted by Gasteiger charge is -2.46. The van der Waals surface area contributed by atoms with Crippen molar-refractivity contribution in [2.24, 2.45) is 5.41 Å². The highest BCUT2D eigenvalue weighted by atomic mass is 79.9. The largest absolute Gasteiger partial charge is 0.368 e.